The number of carbonyl (C=O) groups is 2. The topological polar surface area (TPSA) is 71.1 Å². The molecular weight excluding hydrogens is 450 g/mol. The second-order valence-electron chi connectivity index (χ2n) is 8.32. The van der Waals surface area contributed by atoms with Gasteiger partial charge >= 0.3 is 0 Å². The molecule has 0 unspecified atom stereocenters. The summed E-state index contributed by atoms with van der Waals surface area (Å²) in [5, 5.41) is 5.21. The van der Waals surface area contributed by atoms with E-state index in [1.54, 1.807) is 16.2 Å². The second-order valence-corrected chi connectivity index (χ2v) is 9.30. The molecule has 8 heteroatoms. The van der Waals surface area contributed by atoms with Gasteiger partial charge in [-0.25, -0.2) is 0 Å². The first-order valence-electron chi connectivity index (χ1n) is 11.4. The highest BCUT2D eigenvalue weighted by atomic mass is 32.1. The number of amides is 2. The van der Waals surface area contributed by atoms with Crippen LogP contribution in [0.5, 0.6) is 5.75 Å². The minimum atomic E-state index is -0.664. The van der Waals surface area contributed by atoms with Gasteiger partial charge < -0.3 is 24.6 Å². The molecule has 0 spiro atoms. The number of thiophene rings is 1. The minimum absolute atomic E-state index is 0.0658. The van der Waals surface area contributed by atoms with Gasteiger partial charge in [0.25, 0.3) is 5.91 Å². The van der Waals surface area contributed by atoms with E-state index in [1.807, 2.05) is 77.0 Å². The molecular formula is C26H27N3O4S. The molecule has 1 fully saturated rings. The third-order valence-electron chi connectivity index (χ3n) is 6.06. The van der Waals surface area contributed by atoms with Gasteiger partial charge in [-0.1, -0.05) is 48.5 Å². The number of nitrogens with zero attached hydrogens (tertiary/aromatic N) is 2. The Hall–Kier alpha value is -3.36. The van der Waals surface area contributed by atoms with Crippen LogP contribution in [0.1, 0.15) is 16.5 Å². The Labute approximate surface area is 202 Å². The Balaban J connectivity index is 1.33. The van der Waals surface area contributed by atoms with Crippen LogP contribution in [0.2, 0.25) is 0 Å². The van der Waals surface area contributed by atoms with E-state index in [2.05, 4.69) is 5.32 Å². The largest absolute Gasteiger partial charge is 0.477 e. The van der Waals surface area contributed by atoms with Crippen molar-refractivity contribution < 1.29 is 19.1 Å². The second kappa shape index (κ2) is 10.3. The Morgan fingerprint density at radius 3 is 2.53 bits per heavy atom. The molecule has 176 valence electrons. The van der Waals surface area contributed by atoms with Crippen molar-refractivity contribution in [2.24, 2.45) is 0 Å². The summed E-state index contributed by atoms with van der Waals surface area (Å²) in [7, 11) is 0. The summed E-state index contributed by atoms with van der Waals surface area (Å²) in [6.45, 7) is 2.62. The Morgan fingerprint density at radius 1 is 1.00 bits per heavy atom. The molecule has 2 atom stereocenters. The lowest BCUT2D eigenvalue weighted by atomic mass is 10.1. The monoisotopic (exact) mass is 477 g/mol. The maximum Gasteiger partial charge on any atom is 0.265 e. The molecule has 1 saturated heterocycles. The molecule has 7 nitrogen and oxygen atoms in total. The van der Waals surface area contributed by atoms with E-state index in [0.717, 1.165) is 16.1 Å². The number of hydrogen-bond donors (Lipinski definition) is 1. The van der Waals surface area contributed by atoms with Gasteiger partial charge in [0.2, 0.25) is 5.91 Å². The van der Waals surface area contributed by atoms with Crippen molar-refractivity contribution in [1.29, 1.82) is 0 Å². The van der Waals surface area contributed by atoms with Crippen molar-refractivity contribution in [3.8, 4) is 5.75 Å². The third-order valence-corrected chi connectivity index (χ3v) is 7.00. The number of carbonyl (C=O) groups excluding carboxylic acids is 2. The Morgan fingerprint density at radius 2 is 1.76 bits per heavy atom. The van der Waals surface area contributed by atoms with Gasteiger partial charge in [-0.15, -0.1) is 11.3 Å². The van der Waals surface area contributed by atoms with E-state index in [4.69, 9.17) is 9.47 Å². The zero-order chi connectivity index (χ0) is 23.3. The summed E-state index contributed by atoms with van der Waals surface area (Å²) in [6.07, 6.45) is -0.664. The van der Waals surface area contributed by atoms with Crippen LogP contribution in [-0.4, -0.2) is 62.2 Å². The predicted molar refractivity (Wildman–Crippen MR) is 131 cm³/mol. The number of rotatable bonds is 6. The van der Waals surface area contributed by atoms with Crippen LogP contribution in [0, 0.1) is 0 Å². The number of ether oxygens (including phenoxy) is 2. The molecule has 0 bridgehead atoms. The molecule has 5 rings (SSSR count). The molecule has 0 radical (unpaired) electrons. The number of nitrogens with one attached hydrogen (secondary N) is 1. The fourth-order valence-corrected chi connectivity index (χ4v) is 5.17. The maximum atomic E-state index is 13.3. The number of fused-ring (bicyclic) bond motifs is 1. The quantitative estimate of drug-likeness (QED) is 0.591. The first kappa shape index (κ1) is 22.4. The van der Waals surface area contributed by atoms with Crippen LogP contribution >= 0.6 is 11.3 Å². The summed E-state index contributed by atoms with van der Waals surface area (Å²) in [6, 6.07) is 21.3. The van der Waals surface area contributed by atoms with Crippen LogP contribution < -0.4 is 15.0 Å². The Bertz CT molecular complexity index is 1120. The van der Waals surface area contributed by atoms with E-state index in [-0.39, 0.29) is 24.4 Å². The molecule has 2 aliphatic heterocycles. The summed E-state index contributed by atoms with van der Waals surface area (Å²) in [5.41, 5.74) is 1.84. The van der Waals surface area contributed by atoms with Gasteiger partial charge in [-0.2, -0.15) is 0 Å². The predicted octanol–water partition coefficient (Wildman–Crippen LogP) is 3.08. The minimum Gasteiger partial charge on any atom is -0.477 e. The highest BCUT2D eigenvalue weighted by molar-refractivity contribution is 7.10. The van der Waals surface area contributed by atoms with Gasteiger partial charge in [-0.05, 0) is 29.1 Å². The molecule has 0 aliphatic carbocycles. The van der Waals surface area contributed by atoms with E-state index in [9.17, 15) is 9.59 Å². The van der Waals surface area contributed by atoms with Crippen molar-refractivity contribution in [3.05, 3.63) is 82.6 Å². The maximum absolute atomic E-state index is 13.3. The summed E-state index contributed by atoms with van der Waals surface area (Å²) in [4.78, 5) is 31.2. The van der Waals surface area contributed by atoms with Crippen molar-refractivity contribution in [2.75, 3.05) is 44.3 Å². The SMILES string of the molecule is O=C(CN1C[C@@H](C(=O)N2CCOCC2)Oc2ccccc21)N[C@@H](c1ccccc1)c1cccs1. The van der Waals surface area contributed by atoms with E-state index in [1.165, 1.54) is 0 Å². The van der Waals surface area contributed by atoms with E-state index < -0.39 is 6.10 Å². The van der Waals surface area contributed by atoms with Crippen LogP contribution in [0.25, 0.3) is 0 Å². The first-order valence-corrected chi connectivity index (χ1v) is 12.3. The molecule has 3 heterocycles. The lowest BCUT2D eigenvalue weighted by Gasteiger charge is -2.38. The fourth-order valence-electron chi connectivity index (χ4n) is 4.37. The van der Waals surface area contributed by atoms with Crippen LogP contribution in [0.4, 0.5) is 5.69 Å². The highest BCUT2D eigenvalue weighted by Gasteiger charge is 2.35. The van der Waals surface area contributed by atoms with Crippen LogP contribution in [0.15, 0.2) is 72.1 Å². The number of hydrogen-bond acceptors (Lipinski definition) is 6. The molecule has 1 aromatic heterocycles. The number of para-hydroxylation sites is 2. The average molecular weight is 478 g/mol. The molecule has 2 aliphatic rings. The third kappa shape index (κ3) is 4.93. The molecule has 0 saturated carbocycles. The molecule has 2 aromatic carbocycles. The summed E-state index contributed by atoms with van der Waals surface area (Å²) < 4.78 is 11.4. The van der Waals surface area contributed by atoms with Gasteiger partial charge in [-0.3, -0.25) is 9.59 Å². The fraction of sp³-hybridized carbons (Fsp3) is 0.308. The van der Waals surface area contributed by atoms with E-state index in [0.29, 0.717) is 38.6 Å². The Kier molecular flexibility index (Phi) is 6.78. The standard InChI is InChI=1S/C26H27N3O4S/c30-24(27-25(23-11-6-16-34-23)19-7-2-1-3-8-19)18-29-17-22(26(31)28-12-14-32-15-13-28)33-21-10-5-4-9-20(21)29/h1-11,16,22,25H,12-15,17-18H2,(H,27,30)/t22-,25-/m0/s1. The zero-order valence-corrected chi connectivity index (χ0v) is 19.6. The smallest absolute Gasteiger partial charge is 0.265 e. The van der Waals surface area contributed by atoms with Gasteiger partial charge in [0.1, 0.15) is 5.75 Å². The molecule has 1 N–H and O–H groups in total. The first-order chi connectivity index (χ1) is 16.7. The van der Waals surface area contributed by atoms with Crippen molar-refractivity contribution >= 4 is 28.8 Å². The average Bonchev–Trinajstić information content (AvgIpc) is 3.42. The van der Waals surface area contributed by atoms with Crippen LogP contribution in [0.3, 0.4) is 0 Å². The summed E-state index contributed by atoms with van der Waals surface area (Å²) >= 11 is 1.61. The van der Waals surface area contributed by atoms with Gasteiger partial charge in [0.15, 0.2) is 6.10 Å². The van der Waals surface area contributed by atoms with Crippen molar-refractivity contribution in [3.63, 3.8) is 0 Å². The van der Waals surface area contributed by atoms with E-state index >= 15 is 0 Å². The van der Waals surface area contributed by atoms with Crippen molar-refractivity contribution in [2.45, 2.75) is 12.1 Å². The lowest BCUT2D eigenvalue weighted by Crippen LogP contribution is -2.54. The van der Waals surface area contributed by atoms with Gasteiger partial charge in [0, 0.05) is 18.0 Å². The number of anilines is 1. The van der Waals surface area contributed by atoms with Crippen LogP contribution in [-0.2, 0) is 14.3 Å². The molecule has 2 amide bonds. The molecule has 3 aromatic rings. The van der Waals surface area contributed by atoms with Crippen molar-refractivity contribution in [1.82, 2.24) is 10.2 Å². The molecule has 34 heavy (non-hydrogen) atoms. The lowest BCUT2D eigenvalue weighted by molar-refractivity contribution is -0.142. The zero-order valence-electron chi connectivity index (χ0n) is 18.8. The number of benzene rings is 2. The normalized spacial score (nSPS) is 18.5. The number of morpholine rings is 1. The highest BCUT2D eigenvalue weighted by Crippen LogP contribution is 2.33. The van der Waals surface area contributed by atoms with Gasteiger partial charge in [0.05, 0.1) is 38.0 Å². The summed E-state index contributed by atoms with van der Waals surface area (Å²) in [5.74, 6) is 0.437.